The van der Waals surface area contributed by atoms with E-state index in [1.807, 2.05) is 36.4 Å². The number of rotatable bonds is 5. The maximum atomic E-state index is 9.93. The van der Waals surface area contributed by atoms with Gasteiger partial charge in [0.05, 0.1) is 6.10 Å². The van der Waals surface area contributed by atoms with Crippen LogP contribution in [0.4, 0.5) is 0 Å². The summed E-state index contributed by atoms with van der Waals surface area (Å²) in [6, 6.07) is 15.0. The molecule has 2 rings (SSSR count). The van der Waals surface area contributed by atoms with E-state index in [9.17, 15) is 5.11 Å². The Morgan fingerprint density at radius 2 is 1.89 bits per heavy atom. The van der Waals surface area contributed by atoms with E-state index in [4.69, 9.17) is 16.3 Å². The third kappa shape index (κ3) is 4.86. The predicted octanol–water partition coefficient (Wildman–Crippen LogP) is 4.08. The van der Waals surface area contributed by atoms with Gasteiger partial charge in [-0.05, 0) is 35.9 Å². The predicted molar refractivity (Wildman–Crippen MR) is 80.8 cm³/mol. The summed E-state index contributed by atoms with van der Waals surface area (Å²) in [5.41, 5.74) is 1.07. The normalized spacial score (nSPS) is 12.2. The zero-order valence-corrected chi connectivity index (χ0v) is 12.6. The number of aliphatic hydroxyl groups excluding tert-OH is 1. The molecule has 0 amide bonds. The Labute approximate surface area is 126 Å². The molecule has 19 heavy (non-hydrogen) atoms. The third-order valence-corrected chi connectivity index (χ3v) is 3.39. The summed E-state index contributed by atoms with van der Waals surface area (Å²) in [6.07, 6.45) is 0.0218. The lowest BCUT2D eigenvalue weighted by atomic mass is 10.1. The van der Waals surface area contributed by atoms with Crippen LogP contribution in [0.1, 0.15) is 5.56 Å². The maximum absolute atomic E-state index is 9.93. The number of ether oxygens (including phenoxy) is 1. The molecule has 4 heteroatoms. The number of benzene rings is 2. The highest BCUT2D eigenvalue weighted by Crippen LogP contribution is 2.18. The van der Waals surface area contributed by atoms with E-state index >= 15 is 0 Å². The van der Waals surface area contributed by atoms with Crippen LogP contribution in [0.25, 0.3) is 0 Å². The average Bonchev–Trinajstić information content (AvgIpc) is 2.39. The third-order valence-electron chi connectivity index (χ3n) is 2.62. The second-order valence-electron chi connectivity index (χ2n) is 4.25. The summed E-state index contributed by atoms with van der Waals surface area (Å²) in [5.74, 6) is 0.669. The van der Waals surface area contributed by atoms with E-state index in [-0.39, 0.29) is 6.61 Å². The van der Waals surface area contributed by atoms with Crippen molar-refractivity contribution in [3.63, 3.8) is 0 Å². The van der Waals surface area contributed by atoms with Gasteiger partial charge in [0.2, 0.25) is 0 Å². The quantitative estimate of drug-likeness (QED) is 0.888. The van der Waals surface area contributed by atoms with Crippen LogP contribution >= 0.6 is 27.5 Å². The Morgan fingerprint density at radius 1 is 1.16 bits per heavy atom. The van der Waals surface area contributed by atoms with Crippen molar-refractivity contribution in [3.05, 3.63) is 63.6 Å². The van der Waals surface area contributed by atoms with Crippen LogP contribution < -0.4 is 4.74 Å². The van der Waals surface area contributed by atoms with Crippen LogP contribution in [0.2, 0.25) is 5.02 Å². The molecule has 0 saturated heterocycles. The summed E-state index contributed by atoms with van der Waals surface area (Å²) in [4.78, 5) is 0. The van der Waals surface area contributed by atoms with Crippen LogP contribution in [0.15, 0.2) is 53.0 Å². The Morgan fingerprint density at radius 3 is 2.58 bits per heavy atom. The van der Waals surface area contributed by atoms with Crippen LogP contribution in [0, 0.1) is 0 Å². The molecular weight excluding hydrogens is 328 g/mol. The van der Waals surface area contributed by atoms with Crippen molar-refractivity contribution < 1.29 is 9.84 Å². The van der Waals surface area contributed by atoms with E-state index in [0.29, 0.717) is 17.2 Å². The second-order valence-corrected chi connectivity index (χ2v) is 5.60. The van der Waals surface area contributed by atoms with Crippen molar-refractivity contribution >= 4 is 27.5 Å². The molecule has 0 aliphatic rings. The first-order chi connectivity index (χ1) is 9.13. The van der Waals surface area contributed by atoms with E-state index in [2.05, 4.69) is 15.9 Å². The summed E-state index contributed by atoms with van der Waals surface area (Å²) >= 11 is 9.24. The summed E-state index contributed by atoms with van der Waals surface area (Å²) in [7, 11) is 0. The van der Waals surface area contributed by atoms with Gasteiger partial charge in [-0.3, -0.25) is 0 Å². The van der Waals surface area contributed by atoms with Gasteiger partial charge >= 0.3 is 0 Å². The molecule has 2 nitrogen and oxygen atoms in total. The van der Waals surface area contributed by atoms with Gasteiger partial charge in [0.1, 0.15) is 12.4 Å². The van der Waals surface area contributed by atoms with Gasteiger partial charge in [0.15, 0.2) is 0 Å². The van der Waals surface area contributed by atoms with Crippen molar-refractivity contribution in [2.45, 2.75) is 12.5 Å². The number of hydrogen-bond donors (Lipinski definition) is 1. The Hall–Kier alpha value is -1.03. The largest absolute Gasteiger partial charge is 0.491 e. The standard InChI is InChI=1S/C15H14BrClO2/c16-12-6-4-11(5-7-12)8-14(18)10-19-15-3-1-2-13(17)9-15/h1-7,9,14,18H,8,10H2. The highest BCUT2D eigenvalue weighted by molar-refractivity contribution is 9.10. The van der Waals surface area contributed by atoms with Crippen LogP contribution in [0.5, 0.6) is 5.75 Å². The van der Waals surface area contributed by atoms with Gasteiger partial charge in [0.25, 0.3) is 0 Å². The molecule has 1 atom stereocenters. The van der Waals surface area contributed by atoms with E-state index in [1.165, 1.54) is 0 Å². The second kappa shape index (κ2) is 6.94. The molecule has 1 N–H and O–H groups in total. The SMILES string of the molecule is OC(COc1cccc(Cl)c1)Cc1ccc(Br)cc1. The molecule has 0 spiro atoms. The van der Waals surface area contributed by atoms with Gasteiger partial charge in [-0.15, -0.1) is 0 Å². The molecule has 2 aromatic carbocycles. The zero-order chi connectivity index (χ0) is 13.7. The van der Waals surface area contributed by atoms with Gasteiger partial charge in [-0.2, -0.15) is 0 Å². The Balaban J connectivity index is 1.84. The summed E-state index contributed by atoms with van der Waals surface area (Å²) in [5, 5.41) is 10.6. The molecule has 1 unspecified atom stereocenters. The highest BCUT2D eigenvalue weighted by Gasteiger charge is 2.07. The fourth-order valence-corrected chi connectivity index (χ4v) is 2.15. The fourth-order valence-electron chi connectivity index (χ4n) is 1.70. The molecule has 0 aromatic heterocycles. The van der Waals surface area contributed by atoms with Crippen LogP contribution in [-0.4, -0.2) is 17.8 Å². The molecule has 0 saturated carbocycles. The van der Waals surface area contributed by atoms with Crippen molar-refractivity contribution in [2.75, 3.05) is 6.61 Å². The molecule has 0 aliphatic carbocycles. The minimum atomic E-state index is -0.542. The first kappa shape index (κ1) is 14.4. The lowest BCUT2D eigenvalue weighted by Crippen LogP contribution is -2.20. The smallest absolute Gasteiger partial charge is 0.120 e. The van der Waals surface area contributed by atoms with E-state index in [1.54, 1.807) is 12.1 Å². The van der Waals surface area contributed by atoms with Gasteiger partial charge in [-0.1, -0.05) is 45.7 Å². The number of halogens is 2. The summed E-state index contributed by atoms with van der Waals surface area (Å²) in [6.45, 7) is 0.246. The van der Waals surface area contributed by atoms with Crippen molar-refractivity contribution in [3.8, 4) is 5.75 Å². The average molecular weight is 342 g/mol. The van der Waals surface area contributed by atoms with Crippen molar-refractivity contribution in [1.82, 2.24) is 0 Å². The molecule has 0 radical (unpaired) electrons. The highest BCUT2D eigenvalue weighted by atomic mass is 79.9. The minimum absolute atomic E-state index is 0.246. The van der Waals surface area contributed by atoms with Crippen molar-refractivity contribution in [1.29, 1.82) is 0 Å². The van der Waals surface area contributed by atoms with Gasteiger partial charge in [-0.25, -0.2) is 0 Å². The Bertz CT molecular complexity index is 528. The minimum Gasteiger partial charge on any atom is -0.491 e. The van der Waals surface area contributed by atoms with Crippen LogP contribution in [-0.2, 0) is 6.42 Å². The van der Waals surface area contributed by atoms with Crippen molar-refractivity contribution in [2.24, 2.45) is 0 Å². The maximum Gasteiger partial charge on any atom is 0.120 e. The fraction of sp³-hybridized carbons (Fsp3) is 0.200. The molecule has 0 heterocycles. The number of aliphatic hydroxyl groups is 1. The van der Waals surface area contributed by atoms with Gasteiger partial charge in [0, 0.05) is 15.9 Å². The molecule has 0 aliphatic heterocycles. The molecule has 2 aromatic rings. The lowest BCUT2D eigenvalue weighted by Gasteiger charge is -2.12. The lowest BCUT2D eigenvalue weighted by molar-refractivity contribution is 0.108. The first-order valence-corrected chi connectivity index (χ1v) is 7.11. The molecule has 0 fully saturated rings. The summed E-state index contributed by atoms with van der Waals surface area (Å²) < 4.78 is 6.53. The van der Waals surface area contributed by atoms with Crippen LogP contribution in [0.3, 0.4) is 0 Å². The molecule has 100 valence electrons. The zero-order valence-electron chi connectivity index (χ0n) is 10.2. The molecular formula is C15H14BrClO2. The topological polar surface area (TPSA) is 29.5 Å². The first-order valence-electron chi connectivity index (χ1n) is 5.94. The number of hydrogen-bond acceptors (Lipinski definition) is 2. The van der Waals surface area contributed by atoms with Gasteiger partial charge < -0.3 is 9.84 Å². The monoisotopic (exact) mass is 340 g/mol. The molecule has 0 bridgehead atoms. The Kier molecular flexibility index (Phi) is 5.25. The van der Waals surface area contributed by atoms with E-state index < -0.39 is 6.10 Å². The van der Waals surface area contributed by atoms with E-state index in [0.717, 1.165) is 10.0 Å².